The van der Waals surface area contributed by atoms with Crippen molar-refractivity contribution in [1.82, 2.24) is 10.2 Å². The number of carbonyl (C=O) groups is 2. The normalized spacial score (nSPS) is 10.6. The van der Waals surface area contributed by atoms with E-state index in [0.717, 1.165) is 17.8 Å². The van der Waals surface area contributed by atoms with E-state index in [0.29, 0.717) is 17.8 Å². The first-order chi connectivity index (χ1) is 12.9. The van der Waals surface area contributed by atoms with Gasteiger partial charge in [-0.25, -0.2) is 0 Å². The van der Waals surface area contributed by atoms with Gasteiger partial charge in [0.1, 0.15) is 0 Å². The molecule has 2 aromatic carbocycles. The number of carbonyl (C=O) groups excluding carboxylic acids is 2. The number of hydrogen-bond donors (Lipinski definition) is 2. The number of nitrogens with zero attached hydrogens (tertiary/aromatic N) is 2. The fraction of sp³-hybridized carbons (Fsp3) is 0.333. The summed E-state index contributed by atoms with van der Waals surface area (Å²) in [6, 6.07) is 15.2. The first kappa shape index (κ1) is 20.5. The second-order valence-corrected chi connectivity index (χ2v) is 6.57. The largest absolute Gasteiger partial charge is 0.378 e. The number of benzene rings is 2. The minimum absolute atomic E-state index is 0.101. The average Bonchev–Trinajstić information content (AvgIpc) is 2.67. The molecule has 2 amide bonds. The fourth-order valence-corrected chi connectivity index (χ4v) is 2.72. The number of amides is 2. The standard InChI is InChI=1S/C21H28N4O2/c1-5-25(14-16-9-11-19(12-10-16)24(3)4)15-20(26)23-18-8-6-7-17(13-18)21(27)22-2/h6-13H,5,14-15H2,1-4H3,(H,22,27)(H,23,26). The molecule has 6 nitrogen and oxygen atoms in total. The fourth-order valence-electron chi connectivity index (χ4n) is 2.72. The molecule has 0 radical (unpaired) electrons. The van der Waals surface area contributed by atoms with E-state index < -0.39 is 0 Å². The number of likely N-dealkylation sites (N-methyl/N-ethyl adjacent to an activating group) is 1. The van der Waals surface area contributed by atoms with Gasteiger partial charge in [-0.2, -0.15) is 0 Å². The van der Waals surface area contributed by atoms with Crippen LogP contribution in [0.5, 0.6) is 0 Å². The summed E-state index contributed by atoms with van der Waals surface area (Å²) in [6.07, 6.45) is 0. The summed E-state index contributed by atoms with van der Waals surface area (Å²) in [6.45, 7) is 3.79. The smallest absolute Gasteiger partial charge is 0.251 e. The van der Waals surface area contributed by atoms with Crippen LogP contribution in [0.4, 0.5) is 11.4 Å². The van der Waals surface area contributed by atoms with Crippen molar-refractivity contribution in [2.45, 2.75) is 13.5 Å². The molecule has 0 aliphatic heterocycles. The highest BCUT2D eigenvalue weighted by atomic mass is 16.2. The lowest BCUT2D eigenvalue weighted by Crippen LogP contribution is -2.32. The zero-order valence-electron chi connectivity index (χ0n) is 16.5. The lowest BCUT2D eigenvalue weighted by molar-refractivity contribution is -0.117. The van der Waals surface area contributed by atoms with Crippen LogP contribution < -0.4 is 15.5 Å². The van der Waals surface area contributed by atoms with E-state index in [1.165, 1.54) is 0 Å². The Morgan fingerprint density at radius 3 is 2.33 bits per heavy atom. The van der Waals surface area contributed by atoms with Gasteiger partial charge in [0, 0.05) is 44.6 Å². The molecule has 0 fully saturated rings. The molecule has 2 N–H and O–H groups in total. The lowest BCUT2D eigenvalue weighted by Gasteiger charge is -2.21. The Bertz CT molecular complexity index is 772. The van der Waals surface area contributed by atoms with Gasteiger partial charge in [-0.1, -0.05) is 25.1 Å². The van der Waals surface area contributed by atoms with Crippen LogP contribution in [0.3, 0.4) is 0 Å². The summed E-state index contributed by atoms with van der Waals surface area (Å²) in [5, 5.41) is 5.45. The first-order valence-electron chi connectivity index (χ1n) is 9.03. The van der Waals surface area contributed by atoms with Crippen molar-refractivity contribution < 1.29 is 9.59 Å². The molecule has 0 aromatic heterocycles. The van der Waals surface area contributed by atoms with Gasteiger partial charge in [-0.05, 0) is 42.4 Å². The molecule has 0 unspecified atom stereocenters. The minimum Gasteiger partial charge on any atom is -0.378 e. The molecule has 2 aromatic rings. The molecule has 0 bridgehead atoms. The Morgan fingerprint density at radius 1 is 1.04 bits per heavy atom. The highest BCUT2D eigenvalue weighted by Crippen LogP contribution is 2.14. The van der Waals surface area contributed by atoms with E-state index in [1.807, 2.05) is 21.0 Å². The van der Waals surface area contributed by atoms with Gasteiger partial charge in [0.05, 0.1) is 6.54 Å². The van der Waals surface area contributed by atoms with Crippen LogP contribution in [0.15, 0.2) is 48.5 Å². The van der Waals surface area contributed by atoms with Crippen LogP contribution in [0.1, 0.15) is 22.8 Å². The SMILES string of the molecule is CCN(CC(=O)Nc1cccc(C(=O)NC)c1)Cc1ccc(N(C)C)cc1. The van der Waals surface area contributed by atoms with Crippen LogP contribution in [-0.2, 0) is 11.3 Å². The summed E-state index contributed by atoms with van der Waals surface area (Å²) < 4.78 is 0. The van der Waals surface area contributed by atoms with Gasteiger partial charge in [0.25, 0.3) is 5.91 Å². The summed E-state index contributed by atoms with van der Waals surface area (Å²) >= 11 is 0. The summed E-state index contributed by atoms with van der Waals surface area (Å²) in [7, 11) is 5.60. The summed E-state index contributed by atoms with van der Waals surface area (Å²) in [5.41, 5.74) is 3.45. The topological polar surface area (TPSA) is 64.7 Å². The number of hydrogen-bond acceptors (Lipinski definition) is 4. The second kappa shape index (κ2) is 9.73. The Balaban J connectivity index is 1.95. The average molecular weight is 368 g/mol. The summed E-state index contributed by atoms with van der Waals surface area (Å²) in [4.78, 5) is 28.2. The maximum absolute atomic E-state index is 12.4. The Hall–Kier alpha value is -2.86. The van der Waals surface area contributed by atoms with Gasteiger partial charge in [0.2, 0.25) is 5.91 Å². The van der Waals surface area contributed by atoms with Crippen LogP contribution in [0.2, 0.25) is 0 Å². The molecule has 6 heteroatoms. The molecule has 0 heterocycles. The predicted octanol–water partition coefficient (Wildman–Crippen LogP) is 2.57. The molecule has 0 aliphatic carbocycles. The van der Waals surface area contributed by atoms with Crippen molar-refractivity contribution >= 4 is 23.2 Å². The predicted molar refractivity (Wildman–Crippen MR) is 110 cm³/mol. The minimum atomic E-state index is -0.178. The molecule has 2 rings (SSSR count). The zero-order valence-corrected chi connectivity index (χ0v) is 16.5. The van der Waals surface area contributed by atoms with E-state index in [2.05, 4.69) is 44.7 Å². The zero-order chi connectivity index (χ0) is 19.8. The van der Waals surface area contributed by atoms with E-state index in [9.17, 15) is 9.59 Å². The second-order valence-electron chi connectivity index (χ2n) is 6.57. The van der Waals surface area contributed by atoms with Gasteiger partial charge in [-0.3, -0.25) is 14.5 Å². The monoisotopic (exact) mass is 368 g/mol. The summed E-state index contributed by atoms with van der Waals surface area (Å²) in [5.74, 6) is -0.279. The van der Waals surface area contributed by atoms with E-state index in [1.54, 1.807) is 31.3 Å². The Labute approximate surface area is 161 Å². The third-order valence-corrected chi connectivity index (χ3v) is 4.31. The van der Waals surface area contributed by atoms with Crippen molar-refractivity contribution in [2.24, 2.45) is 0 Å². The van der Waals surface area contributed by atoms with Crippen LogP contribution >= 0.6 is 0 Å². The number of anilines is 2. The molecule has 0 aliphatic rings. The van der Waals surface area contributed by atoms with E-state index in [-0.39, 0.29) is 18.4 Å². The first-order valence-corrected chi connectivity index (χ1v) is 9.03. The third kappa shape index (κ3) is 6.11. The number of nitrogens with one attached hydrogen (secondary N) is 2. The van der Waals surface area contributed by atoms with Gasteiger partial charge in [-0.15, -0.1) is 0 Å². The maximum Gasteiger partial charge on any atom is 0.251 e. The molecule has 27 heavy (non-hydrogen) atoms. The van der Waals surface area contributed by atoms with Crippen LogP contribution in [0, 0.1) is 0 Å². The van der Waals surface area contributed by atoms with Gasteiger partial charge < -0.3 is 15.5 Å². The van der Waals surface area contributed by atoms with Crippen LogP contribution in [-0.4, -0.2) is 50.9 Å². The third-order valence-electron chi connectivity index (χ3n) is 4.31. The number of rotatable bonds is 8. The van der Waals surface area contributed by atoms with Gasteiger partial charge in [0.15, 0.2) is 0 Å². The molecule has 0 saturated carbocycles. The quantitative estimate of drug-likeness (QED) is 0.752. The van der Waals surface area contributed by atoms with Crippen molar-refractivity contribution in [1.29, 1.82) is 0 Å². The highest BCUT2D eigenvalue weighted by molar-refractivity contribution is 5.97. The van der Waals surface area contributed by atoms with Crippen molar-refractivity contribution in [3.63, 3.8) is 0 Å². The lowest BCUT2D eigenvalue weighted by atomic mass is 10.2. The van der Waals surface area contributed by atoms with Crippen molar-refractivity contribution in [3.05, 3.63) is 59.7 Å². The molecule has 0 spiro atoms. The molecular weight excluding hydrogens is 340 g/mol. The Morgan fingerprint density at radius 2 is 1.74 bits per heavy atom. The van der Waals surface area contributed by atoms with E-state index >= 15 is 0 Å². The van der Waals surface area contributed by atoms with Crippen LogP contribution in [0.25, 0.3) is 0 Å². The molecule has 0 atom stereocenters. The maximum atomic E-state index is 12.4. The van der Waals surface area contributed by atoms with Crippen molar-refractivity contribution in [2.75, 3.05) is 44.4 Å². The van der Waals surface area contributed by atoms with Crippen molar-refractivity contribution in [3.8, 4) is 0 Å². The molecule has 0 saturated heterocycles. The molecule has 144 valence electrons. The Kier molecular flexibility index (Phi) is 7.37. The highest BCUT2D eigenvalue weighted by Gasteiger charge is 2.11. The van der Waals surface area contributed by atoms with E-state index in [4.69, 9.17) is 0 Å². The van der Waals surface area contributed by atoms with Gasteiger partial charge >= 0.3 is 0 Å². The molecular formula is C21H28N4O2.